The highest BCUT2D eigenvalue weighted by molar-refractivity contribution is 7.90. The second-order valence-corrected chi connectivity index (χ2v) is 9.28. The number of nitrogens with two attached hydrogens (primary N) is 1. The SMILES string of the molecule is Nc1ccc2c(c1)S(=O)(=O)N=C(c1c(O)c(Cc3ccc(F)cc3)c3ccc(F)cn3c1=O)N2. The van der Waals surface area contributed by atoms with Gasteiger partial charge in [0.2, 0.25) is 0 Å². The molecule has 5 rings (SSSR count). The largest absolute Gasteiger partial charge is 0.507 e. The molecule has 3 heterocycles. The van der Waals surface area contributed by atoms with Crippen LogP contribution >= 0.6 is 0 Å². The Labute approximate surface area is 191 Å². The molecule has 1 aliphatic heterocycles. The lowest BCUT2D eigenvalue weighted by molar-refractivity contribution is 0.467. The lowest BCUT2D eigenvalue weighted by Crippen LogP contribution is -2.31. The number of benzene rings is 2. The van der Waals surface area contributed by atoms with Crippen LogP contribution in [-0.2, 0) is 16.4 Å². The summed E-state index contributed by atoms with van der Waals surface area (Å²) >= 11 is 0. The third-order valence-corrected chi connectivity index (χ3v) is 6.77. The van der Waals surface area contributed by atoms with Crippen LogP contribution in [0.3, 0.4) is 0 Å². The maximum atomic E-state index is 14.0. The first kappa shape index (κ1) is 21.6. The second kappa shape index (κ2) is 7.66. The zero-order valence-corrected chi connectivity index (χ0v) is 18.1. The predicted octanol–water partition coefficient (Wildman–Crippen LogP) is 3.02. The first-order valence-corrected chi connectivity index (χ1v) is 11.4. The summed E-state index contributed by atoms with van der Waals surface area (Å²) in [6.45, 7) is 0. The fourth-order valence-electron chi connectivity index (χ4n) is 3.86. The molecule has 172 valence electrons. The lowest BCUT2D eigenvalue weighted by Gasteiger charge is -2.20. The van der Waals surface area contributed by atoms with E-state index in [0.717, 1.165) is 16.7 Å². The molecule has 34 heavy (non-hydrogen) atoms. The van der Waals surface area contributed by atoms with Gasteiger partial charge in [-0.05, 0) is 48.0 Å². The summed E-state index contributed by atoms with van der Waals surface area (Å²) in [7, 11) is -4.26. The number of nitrogens with zero attached hydrogens (tertiary/aromatic N) is 2. The molecule has 0 saturated carbocycles. The Kier molecular flexibility index (Phi) is 4.87. The monoisotopic (exact) mass is 482 g/mol. The van der Waals surface area contributed by atoms with Crippen LogP contribution < -0.4 is 16.6 Å². The van der Waals surface area contributed by atoms with Gasteiger partial charge in [0.25, 0.3) is 15.6 Å². The van der Waals surface area contributed by atoms with Crippen LogP contribution in [0.5, 0.6) is 5.75 Å². The van der Waals surface area contributed by atoms with Crippen molar-refractivity contribution in [3.8, 4) is 5.75 Å². The summed E-state index contributed by atoms with van der Waals surface area (Å²) in [5.74, 6) is -2.11. The Balaban J connectivity index is 1.77. The highest BCUT2D eigenvalue weighted by Crippen LogP contribution is 2.33. The Bertz CT molecular complexity index is 1680. The number of fused-ring (bicyclic) bond motifs is 2. The van der Waals surface area contributed by atoms with Crippen LogP contribution in [0, 0.1) is 11.6 Å². The summed E-state index contributed by atoms with van der Waals surface area (Å²) in [4.78, 5) is 13.1. The van der Waals surface area contributed by atoms with Crippen molar-refractivity contribution in [2.45, 2.75) is 11.3 Å². The zero-order valence-electron chi connectivity index (χ0n) is 17.3. The summed E-state index contributed by atoms with van der Waals surface area (Å²) in [5.41, 5.74) is 5.66. The lowest BCUT2D eigenvalue weighted by atomic mass is 10.00. The molecule has 0 fully saturated rings. The molecule has 0 radical (unpaired) electrons. The van der Waals surface area contributed by atoms with Crippen molar-refractivity contribution in [3.05, 3.63) is 99.5 Å². The molecular formula is C23H16F2N4O4S. The fourth-order valence-corrected chi connectivity index (χ4v) is 5.02. The zero-order chi connectivity index (χ0) is 24.2. The highest BCUT2D eigenvalue weighted by Gasteiger charge is 2.30. The van der Waals surface area contributed by atoms with Crippen molar-refractivity contribution in [1.82, 2.24) is 4.40 Å². The third kappa shape index (κ3) is 3.55. The van der Waals surface area contributed by atoms with Crippen molar-refractivity contribution in [1.29, 1.82) is 0 Å². The number of pyridine rings is 2. The van der Waals surface area contributed by atoms with Gasteiger partial charge in [-0.2, -0.15) is 8.42 Å². The van der Waals surface area contributed by atoms with E-state index in [1.807, 2.05) is 0 Å². The third-order valence-electron chi connectivity index (χ3n) is 5.46. The molecule has 0 atom stereocenters. The van der Waals surface area contributed by atoms with Crippen LogP contribution in [0.4, 0.5) is 20.2 Å². The molecule has 0 unspecified atom stereocenters. The topological polar surface area (TPSA) is 126 Å². The Morgan fingerprint density at radius 2 is 1.74 bits per heavy atom. The molecule has 11 heteroatoms. The van der Waals surface area contributed by atoms with E-state index in [2.05, 4.69) is 9.71 Å². The van der Waals surface area contributed by atoms with Crippen molar-refractivity contribution in [2.75, 3.05) is 11.1 Å². The van der Waals surface area contributed by atoms with E-state index in [1.54, 1.807) is 0 Å². The molecule has 4 N–H and O–H groups in total. The first-order valence-electron chi connectivity index (χ1n) is 9.96. The van der Waals surface area contributed by atoms with Gasteiger partial charge in [0, 0.05) is 23.9 Å². The van der Waals surface area contributed by atoms with Gasteiger partial charge in [0.05, 0.1) is 11.2 Å². The number of hydrogen-bond donors (Lipinski definition) is 3. The molecular weight excluding hydrogens is 466 g/mol. The standard InChI is InChI=1S/C23H16F2N4O4S/c24-13-3-1-12(2-4-13)9-16-18-8-5-14(25)11-29(18)23(31)20(21(16)30)22-27-17-7-6-15(26)10-19(17)34(32,33)28-22/h1-8,10-11,30H,9,26H2,(H,27,28). The summed E-state index contributed by atoms with van der Waals surface area (Å²) < 4.78 is 57.6. The highest BCUT2D eigenvalue weighted by atomic mass is 32.2. The van der Waals surface area contributed by atoms with E-state index in [1.165, 1.54) is 48.5 Å². The van der Waals surface area contributed by atoms with Crippen molar-refractivity contribution >= 4 is 32.8 Å². The van der Waals surface area contributed by atoms with E-state index in [0.29, 0.717) is 5.56 Å². The number of anilines is 2. The minimum Gasteiger partial charge on any atom is -0.507 e. The van der Waals surface area contributed by atoms with Crippen LogP contribution in [0.2, 0.25) is 0 Å². The Morgan fingerprint density at radius 1 is 1.03 bits per heavy atom. The van der Waals surface area contributed by atoms with Gasteiger partial charge in [-0.1, -0.05) is 12.1 Å². The number of nitrogens with one attached hydrogen (secondary N) is 1. The summed E-state index contributed by atoms with van der Waals surface area (Å²) in [6, 6.07) is 12.0. The van der Waals surface area contributed by atoms with Crippen LogP contribution in [0.1, 0.15) is 16.7 Å². The average molecular weight is 482 g/mol. The summed E-state index contributed by atoms with van der Waals surface area (Å²) in [6.07, 6.45) is 0.975. The molecule has 4 aromatic rings. The number of rotatable bonds is 3. The minimum atomic E-state index is -4.26. The van der Waals surface area contributed by atoms with E-state index in [-0.39, 0.29) is 33.8 Å². The second-order valence-electron chi connectivity index (χ2n) is 7.71. The Hall–Kier alpha value is -4.25. The Morgan fingerprint density at radius 3 is 2.47 bits per heavy atom. The molecule has 0 bridgehead atoms. The molecule has 0 amide bonds. The number of halogens is 2. The molecule has 8 nitrogen and oxygen atoms in total. The van der Waals surface area contributed by atoms with E-state index in [4.69, 9.17) is 5.73 Å². The van der Waals surface area contributed by atoms with Gasteiger partial charge in [0.15, 0.2) is 5.84 Å². The number of amidine groups is 1. The maximum absolute atomic E-state index is 14.0. The molecule has 1 aliphatic rings. The number of aromatic hydroxyl groups is 1. The number of sulfonamides is 1. The number of aromatic nitrogens is 1. The predicted molar refractivity (Wildman–Crippen MR) is 123 cm³/mol. The van der Waals surface area contributed by atoms with Gasteiger partial charge >= 0.3 is 0 Å². The minimum absolute atomic E-state index is 0.0433. The molecule has 2 aromatic carbocycles. The van der Waals surface area contributed by atoms with Crippen molar-refractivity contribution in [3.63, 3.8) is 0 Å². The van der Waals surface area contributed by atoms with E-state index in [9.17, 15) is 27.1 Å². The molecule has 0 spiro atoms. The molecule has 2 aromatic heterocycles. The first-order chi connectivity index (χ1) is 16.1. The van der Waals surface area contributed by atoms with Crippen LogP contribution in [0.25, 0.3) is 5.52 Å². The average Bonchev–Trinajstić information content (AvgIpc) is 2.78. The molecule has 0 aliphatic carbocycles. The summed E-state index contributed by atoms with van der Waals surface area (Å²) in [5, 5.41) is 13.9. The van der Waals surface area contributed by atoms with E-state index < -0.39 is 44.4 Å². The van der Waals surface area contributed by atoms with Gasteiger partial charge in [-0.15, -0.1) is 4.40 Å². The number of hydrogen-bond acceptors (Lipinski definition) is 6. The van der Waals surface area contributed by atoms with Gasteiger partial charge < -0.3 is 16.2 Å². The fraction of sp³-hybridized carbons (Fsp3) is 0.0435. The van der Waals surface area contributed by atoms with Crippen LogP contribution in [-0.4, -0.2) is 23.8 Å². The van der Waals surface area contributed by atoms with E-state index >= 15 is 0 Å². The normalized spacial score (nSPS) is 14.4. The quantitative estimate of drug-likeness (QED) is 0.386. The maximum Gasteiger partial charge on any atom is 0.286 e. The molecule has 0 saturated heterocycles. The number of nitrogen functional groups attached to an aromatic ring is 1. The van der Waals surface area contributed by atoms with Gasteiger partial charge in [-0.3, -0.25) is 9.20 Å². The van der Waals surface area contributed by atoms with Gasteiger partial charge in [-0.25, -0.2) is 8.78 Å². The smallest absolute Gasteiger partial charge is 0.286 e. The van der Waals surface area contributed by atoms with Gasteiger partial charge in [0.1, 0.15) is 27.8 Å². The van der Waals surface area contributed by atoms with Crippen LogP contribution in [0.15, 0.2) is 74.9 Å². The van der Waals surface area contributed by atoms with Crippen molar-refractivity contribution in [2.24, 2.45) is 4.40 Å². The van der Waals surface area contributed by atoms with Crippen molar-refractivity contribution < 1.29 is 22.3 Å².